The molecule has 0 spiro atoms. The molecule has 0 N–H and O–H groups in total. The van der Waals surface area contributed by atoms with Gasteiger partial charge >= 0.3 is 5.97 Å². The molecule has 1 aromatic heterocycles. The van der Waals surface area contributed by atoms with E-state index in [2.05, 4.69) is 0 Å². The minimum atomic E-state index is -0.582. The van der Waals surface area contributed by atoms with Crippen LogP contribution in [0.25, 0.3) is 0 Å². The SMILES string of the molecule is Cc1cc(C(=O)COC(=O)[C@@H]2CS[C@]3(C)CCC(=O)N23)c(C)n1C. The van der Waals surface area contributed by atoms with Gasteiger partial charge in [0.2, 0.25) is 11.7 Å². The Morgan fingerprint density at radius 1 is 1.42 bits per heavy atom. The van der Waals surface area contributed by atoms with Crippen molar-refractivity contribution in [2.24, 2.45) is 7.05 Å². The van der Waals surface area contributed by atoms with Gasteiger partial charge in [-0.05, 0) is 33.3 Å². The van der Waals surface area contributed by atoms with E-state index in [0.717, 1.165) is 17.8 Å². The molecule has 1 amide bonds. The lowest BCUT2D eigenvalue weighted by Crippen LogP contribution is -2.46. The van der Waals surface area contributed by atoms with Gasteiger partial charge in [-0.15, -0.1) is 11.8 Å². The first-order valence-electron chi connectivity index (χ1n) is 8.03. The van der Waals surface area contributed by atoms with Crippen LogP contribution in [0.4, 0.5) is 0 Å². The maximum atomic E-state index is 12.4. The van der Waals surface area contributed by atoms with Crippen LogP contribution in [0.15, 0.2) is 6.07 Å². The number of nitrogens with zero attached hydrogens (tertiary/aromatic N) is 2. The molecule has 6 nitrogen and oxygen atoms in total. The van der Waals surface area contributed by atoms with Crippen LogP contribution < -0.4 is 0 Å². The third kappa shape index (κ3) is 2.64. The average molecular weight is 350 g/mol. The highest BCUT2D eigenvalue weighted by molar-refractivity contribution is 8.01. The molecule has 2 atom stereocenters. The van der Waals surface area contributed by atoms with Gasteiger partial charge in [-0.2, -0.15) is 0 Å². The standard InChI is InChI=1S/C17H22N2O4S/c1-10-7-12(11(2)18(10)4)14(20)8-23-16(22)13-9-24-17(3)6-5-15(21)19(13)17/h7,13H,5-6,8-9H2,1-4H3/t13-,17+/m0/s1. The Morgan fingerprint density at radius 2 is 2.12 bits per heavy atom. The second-order valence-corrected chi connectivity index (χ2v) is 8.14. The topological polar surface area (TPSA) is 68.6 Å². The summed E-state index contributed by atoms with van der Waals surface area (Å²) in [5, 5.41) is 0. The van der Waals surface area contributed by atoms with E-state index in [1.54, 1.807) is 22.7 Å². The summed E-state index contributed by atoms with van der Waals surface area (Å²) in [6.45, 7) is 5.48. The fraction of sp³-hybridized carbons (Fsp3) is 0.588. The van der Waals surface area contributed by atoms with E-state index in [9.17, 15) is 14.4 Å². The zero-order chi connectivity index (χ0) is 17.6. The number of hydrogen-bond donors (Lipinski definition) is 0. The Bertz CT molecular complexity index is 726. The van der Waals surface area contributed by atoms with Gasteiger partial charge in [-0.1, -0.05) is 0 Å². The number of carbonyl (C=O) groups excluding carboxylic acids is 3. The van der Waals surface area contributed by atoms with E-state index in [4.69, 9.17) is 4.74 Å². The predicted octanol–water partition coefficient (Wildman–Crippen LogP) is 1.82. The number of aromatic nitrogens is 1. The van der Waals surface area contributed by atoms with Crippen molar-refractivity contribution in [2.45, 2.75) is 44.5 Å². The number of hydrogen-bond acceptors (Lipinski definition) is 5. The van der Waals surface area contributed by atoms with Crippen molar-refractivity contribution in [3.63, 3.8) is 0 Å². The van der Waals surface area contributed by atoms with Gasteiger partial charge in [0.25, 0.3) is 0 Å². The van der Waals surface area contributed by atoms with Crippen molar-refractivity contribution >= 4 is 29.4 Å². The van der Waals surface area contributed by atoms with Crippen molar-refractivity contribution in [2.75, 3.05) is 12.4 Å². The molecule has 2 aliphatic heterocycles. The molecule has 2 aliphatic rings. The largest absolute Gasteiger partial charge is 0.456 e. The molecule has 3 heterocycles. The van der Waals surface area contributed by atoms with E-state index < -0.39 is 12.0 Å². The molecule has 0 unspecified atom stereocenters. The number of thioether (sulfide) groups is 1. The quantitative estimate of drug-likeness (QED) is 0.612. The number of aryl methyl sites for hydroxylation is 1. The second kappa shape index (κ2) is 5.95. The number of ketones is 1. The van der Waals surface area contributed by atoms with Crippen LogP contribution in [-0.4, -0.2) is 50.4 Å². The molecule has 3 rings (SSSR count). The van der Waals surface area contributed by atoms with Crippen LogP contribution in [-0.2, 0) is 21.4 Å². The third-order valence-corrected chi connectivity index (χ3v) is 6.64. The van der Waals surface area contributed by atoms with Crippen molar-refractivity contribution in [1.82, 2.24) is 9.47 Å². The number of carbonyl (C=O) groups is 3. The first kappa shape index (κ1) is 17.1. The summed E-state index contributed by atoms with van der Waals surface area (Å²) in [6, 6.07) is 1.22. The molecule has 2 saturated heterocycles. The third-order valence-electron chi connectivity index (χ3n) is 5.14. The summed E-state index contributed by atoms with van der Waals surface area (Å²) in [5.74, 6) is -0.185. The molecule has 0 aromatic carbocycles. The van der Waals surface area contributed by atoms with Gasteiger partial charge in [-0.3, -0.25) is 9.59 Å². The number of ether oxygens (including phenoxy) is 1. The van der Waals surface area contributed by atoms with Crippen LogP contribution in [0, 0.1) is 13.8 Å². The predicted molar refractivity (Wildman–Crippen MR) is 90.9 cm³/mol. The van der Waals surface area contributed by atoms with Gasteiger partial charge in [0.1, 0.15) is 6.04 Å². The lowest BCUT2D eigenvalue weighted by molar-refractivity contribution is -0.152. The number of Topliss-reactive ketones (excluding diaryl/α,β-unsaturated/α-hetero) is 1. The van der Waals surface area contributed by atoms with Gasteiger partial charge in [-0.25, -0.2) is 4.79 Å². The van der Waals surface area contributed by atoms with E-state index >= 15 is 0 Å². The number of esters is 1. The van der Waals surface area contributed by atoms with Crippen molar-refractivity contribution in [3.8, 4) is 0 Å². The summed E-state index contributed by atoms with van der Waals surface area (Å²) >= 11 is 1.61. The number of fused-ring (bicyclic) bond motifs is 1. The molecular weight excluding hydrogens is 328 g/mol. The fourth-order valence-electron chi connectivity index (χ4n) is 3.44. The molecule has 0 bridgehead atoms. The van der Waals surface area contributed by atoms with Crippen molar-refractivity contribution < 1.29 is 19.1 Å². The first-order chi connectivity index (χ1) is 11.2. The Kier molecular flexibility index (Phi) is 4.23. The maximum Gasteiger partial charge on any atom is 0.330 e. The van der Waals surface area contributed by atoms with Crippen molar-refractivity contribution in [1.29, 1.82) is 0 Å². The van der Waals surface area contributed by atoms with E-state index in [-0.39, 0.29) is 23.2 Å². The Hall–Kier alpha value is -1.76. The molecule has 130 valence electrons. The normalized spacial score (nSPS) is 25.9. The molecule has 0 saturated carbocycles. The van der Waals surface area contributed by atoms with Gasteiger partial charge in [0.05, 0.1) is 4.87 Å². The molecule has 7 heteroatoms. The smallest absolute Gasteiger partial charge is 0.330 e. The summed E-state index contributed by atoms with van der Waals surface area (Å²) in [7, 11) is 1.89. The van der Waals surface area contributed by atoms with Crippen LogP contribution in [0.3, 0.4) is 0 Å². The summed E-state index contributed by atoms with van der Waals surface area (Å²) in [4.78, 5) is 38.1. The summed E-state index contributed by atoms with van der Waals surface area (Å²) in [6.07, 6.45) is 1.22. The maximum absolute atomic E-state index is 12.4. The monoisotopic (exact) mass is 350 g/mol. The number of rotatable bonds is 4. The van der Waals surface area contributed by atoms with E-state index in [1.807, 2.05) is 32.4 Å². The number of amides is 1. The minimum absolute atomic E-state index is 0.00898. The lowest BCUT2D eigenvalue weighted by Gasteiger charge is -2.29. The molecule has 0 aliphatic carbocycles. The Morgan fingerprint density at radius 3 is 2.75 bits per heavy atom. The molecule has 0 radical (unpaired) electrons. The van der Waals surface area contributed by atoms with Crippen LogP contribution in [0.1, 0.15) is 41.5 Å². The summed E-state index contributed by atoms with van der Waals surface area (Å²) in [5.41, 5.74) is 2.41. The highest BCUT2D eigenvalue weighted by Gasteiger charge is 2.53. The molecule has 24 heavy (non-hydrogen) atoms. The zero-order valence-corrected chi connectivity index (χ0v) is 15.2. The molecular formula is C17H22N2O4S. The zero-order valence-electron chi connectivity index (χ0n) is 14.4. The van der Waals surface area contributed by atoms with Crippen LogP contribution >= 0.6 is 11.8 Å². The molecule has 2 fully saturated rings. The van der Waals surface area contributed by atoms with E-state index in [0.29, 0.717) is 17.7 Å². The average Bonchev–Trinajstić information content (AvgIpc) is 3.12. The highest BCUT2D eigenvalue weighted by atomic mass is 32.2. The van der Waals surface area contributed by atoms with Crippen molar-refractivity contribution in [3.05, 3.63) is 23.0 Å². The summed E-state index contributed by atoms with van der Waals surface area (Å²) < 4.78 is 7.17. The van der Waals surface area contributed by atoms with Gasteiger partial charge in [0.15, 0.2) is 6.61 Å². The van der Waals surface area contributed by atoms with E-state index in [1.165, 1.54) is 0 Å². The lowest BCUT2D eigenvalue weighted by atomic mass is 10.1. The Balaban J connectivity index is 1.65. The Labute approximate surface area is 145 Å². The minimum Gasteiger partial charge on any atom is -0.456 e. The second-order valence-electron chi connectivity index (χ2n) is 6.64. The van der Waals surface area contributed by atoms with Gasteiger partial charge in [0, 0.05) is 36.2 Å². The van der Waals surface area contributed by atoms with Gasteiger partial charge < -0.3 is 14.2 Å². The fourth-order valence-corrected chi connectivity index (χ4v) is 4.86. The highest BCUT2D eigenvalue weighted by Crippen LogP contribution is 2.47. The van der Waals surface area contributed by atoms with Crippen LogP contribution in [0.5, 0.6) is 0 Å². The molecule has 1 aromatic rings. The van der Waals surface area contributed by atoms with Crippen LogP contribution in [0.2, 0.25) is 0 Å². The first-order valence-corrected chi connectivity index (χ1v) is 9.02.